The van der Waals surface area contributed by atoms with Gasteiger partial charge in [0.2, 0.25) is 0 Å². The molecule has 1 aliphatic rings. The standard InChI is InChI=1S/C19H18F2N4O2/c1-5-6-15(22-3)14-10-25(19(14,20)21)18(26)13-8-12-7-11(2)23-24-17(12)16(9-13)27-4/h5-9,14H,1,3,10H2,2,4H3/b15-6-. The minimum Gasteiger partial charge on any atom is -0.494 e. The van der Waals surface area contributed by atoms with E-state index in [0.717, 1.165) is 0 Å². The van der Waals surface area contributed by atoms with Crippen LogP contribution in [0.5, 0.6) is 5.75 Å². The Bertz CT molecular complexity index is 972. The number of nitrogens with zero attached hydrogens (tertiary/aromatic N) is 4. The van der Waals surface area contributed by atoms with Crippen molar-refractivity contribution in [3.05, 3.63) is 53.9 Å². The van der Waals surface area contributed by atoms with Gasteiger partial charge < -0.3 is 4.74 Å². The van der Waals surface area contributed by atoms with Crippen LogP contribution < -0.4 is 4.74 Å². The minimum absolute atomic E-state index is 0.0886. The number of hydrogen-bond donors (Lipinski definition) is 0. The molecule has 2 aromatic rings. The van der Waals surface area contributed by atoms with Crippen LogP contribution in [-0.4, -0.2) is 47.4 Å². The topological polar surface area (TPSA) is 67.7 Å². The summed E-state index contributed by atoms with van der Waals surface area (Å²) in [4.78, 5) is 16.9. The number of aromatic nitrogens is 2. The average Bonchev–Trinajstić information content (AvgIpc) is 2.64. The molecule has 0 bridgehead atoms. The molecule has 1 unspecified atom stereocenters. The molecule has 0 radical (unpaired) electrons. The Kier molecular flexibility index (Phi) is 4.73. The number of amides is 1. The Hall–Kier alpha value is -3.16. The zero-order chi connectivity index (χ0) is 19.8. The van der Waals surface area contributed by atoms with Gasteiger partial charge in [-0.05, 0) is 37.9 Å². The molecule has 0 N–H and O–H groups in total. The van der Waals surface area contributed by atoms with E-state index in [1.165, 1.54) is 31.4 Å². The molecular formula is C19H18F2N4O2. The fourth-order valence-corrected chi connectivity index (χ4v) is 3.04. The molecule has 0 spiro atoms. The Balaban J connectivity index is 1.96. The maximum Gasteiger partial charge on any atom is 0.338 e. The van der Waals surface area contributed by atoms with E-state index in [9.17, 15) is 13.6 Å². The van der Waals surface area contributed by atoms with E-state index >= 15 is 0 Å². The van der Waals surface area contributed by atoms with E-state index in [4.69, 9.17) is 4.74 Å². The molecule has 8 heteroatoms. The Morgan fingerprint density at radius 1 is 1.41 bits per heavy atom. The zero-order valence-corrected chi connectivity index (χ0v) is 14.9. The Morgan fingerprint density at radius 2 is 2.15 bits per heavy atom. The number of benzene rings is 1. The lowest BCUT2D eigenvalue weighted by Gasteiger charge is -2.47. The van der Waals surface area contributed by atoms with Crippen LogP contribution >= 0.6 is 0 Å². The molecule has 140 valence electrons. The van der Waals surface area contributed by atoms with Crippen molar-refractivity contribution < 1.29 is 18.3 Å². The molecule has 27 heavy (non-hydrogen) atoms. The summed E-state index contributed by atoms with van der Waals surface area (Å²) in [6.45, 7) is 8.37. The lowest BCUT2D eigenvalue weighted by atomic mass is 9.91. The molecule has 1 atom stereocenters. The number of alkyl halides is 2. The average molecular weight is 372 g/mol. The van der Waals surface area contributed by atoms with Crippen molar-refractivity contribution in [1.82, 2.24) is 15.1 Å². The molecule has 2 heterocycles. The van der Waals surface area contributed by atoms with Crippen LogP contribution in [0, 0.1) is 12.8 Å². The summed E-state index contributed by atoms with van der Waals surface area (Å²) in [5.41, 5.74) is 1.28. The summed E-state index contributed by atoms with van der Waals surface area (Å²) in [5.74, 6) is -1.72. The number of allylic oxidation sites excluding steroid dienone is 2. The zero-order valence-electron chi connectivity index (χ0n) is 14.9. The molecule has 1 aromatic heterocycles. The summed E-state index contributed by atoms with van der Waals surface area (Å²) >= 11 is 0. The number of ether oxygens (including phenoxy) is 1. The molecule has 1 aliphatic heterocycles. The van der Waals surface area contributed by atoms with Gasteiger partial charge in [0.15, 0.2) is 0 Å². The summed E-state index contributed by atoms with van der Waals surface area (Å²) in [6.07, 6.45) is 2.73. The highest BCUT2D eigenvalue weighted by atomic mass is 19.3. The molecule has 1 amide bonds. The van der Waals surface area contributed by atoms with Crippen molar-refractivity contribution in [2.24, 2.45) is 10.9 Å². The normalized spacial score (nSPS) is 18.7. The number of carbonyl (C=O) groups is 1. The number of aliphatic imine (C=N–C) groups is 1. The predicted octanol–water partition coefficient (Wildman–Crippen LogP) is 3.38. The van der Waals surface area contributed by atoms with Crippen molar-refractivity contribution in [1.29, 1.82) is 0 Å². The van der Waals surface area contributed by atoms with Crippen LogP contribution in [0.25, 0.3) is 10.9 Å². The Labute approximate surface area is 154 Å². The molecule has 3 rings (SSSR count). The van der Waals surface area contributed by atoms with Gasteiger partial charge in [-0.15, -0.1) is 5.10 Å². The third kappa shape index (κ3) is 3.07. The van der Waals surface area contributed by atoms with Crippen molar-refractivity contribution >= 4 is 23.5 Å². The SMILES string of the molecule is C=C/C=C(\N=C)C1CN(C(=O)c2cc(OC)c3nnc(C)cc3c2)C1(F)F. The van der Waals surface area contributed by atoms with Gasteiger partial charge in [0.05, 0.1) is 18.5 Å². The highest BCUT2D eigenvalue weighted by molar-refractivity contribution is 6.00. The first-order valence-corrected chi connectivity index (χ1v) is 8.14. The summed E-state index contributed by atoms with van der Waals surface area (Å²) in [6, 6.07) is 1.24. The van der Waals surface area contributed by atoms with E-state index in [2.05, 4.69) is 28.5 Å². The second kappa shape index (κ2) is 6.86. The first-order chi connectivity index (χ1) is 12.8. The van der Waals surface area contributed by atoms with Crippen LogP contribution in [0.2, 0.25) is 0 Å². The fraction of sp³-hybridized carbons (Fsp3) is 0.263. The lowest BCUT2D eigenvalue weighted by Crippen LogP contribution is -2.64. The van der Waals surface area contributed by atoms with E-state index in [0.29, 0.717) is 27.2 Å². The monoisotopic (exact) mass is 372 g/mol. The van der Waals surface area contributed by atoms with E-state index in [1.807, 2.05) is 0 Å². The van der Waals surface area contributed by atoms with Crippen molar-refractivity contribution in [3.63, 3.8) is 0 Å². The second-order valence-corrected chi connectivity index (χ2v) is 6.14. The molecule has 6 nitrogen and oxygen atoms in total. The van der Waals surface area contributed by atoms with Gasteiger partial charge >= 0.3 is 6.05 Å². The third-order valence-electron chi connectivity index (χ3n) is 4.46. The van der Waals surface area contributed by atoms with Crippen LogP contribution in [0.15, 0.2) is 47.6 Å². The van der Waals surface area contributed by atoms with Crippen molar-refractivity contribution in [2.75, 3.05) is 13.7 Å². The first kappa shape index (κ1) is 18.6. The van der Waals surface area contributed by atoms with E-state index in [1.54, 1.807) is 13.0 Å². The number of fused-ring (bicyclic) bond motifs is 1. The van der Waals surface area contributed by atoms with Crippen LogP contribution in [0.3, 0.4) is 0 Å². The molecule has 1 aromatic carbocycles. The lowest BCUT2D eigenvalue weighted by molar-refractivity contribution is -0.225. The predicted molar refractivity (Wildman–Crippen MR) is 98.1 cm³/mol. The largest absolute Gasteiger partial charge is 0.494 e. The Morgan fingerprint density at radius 3 is 2.74 bits per heavy atom. The number of hydrogen-bond acceptors (Lipinski definition) is 5. The number of aryl methyl sites for hydroxylation is 1. The fourth-order valence-electron chi connectivity index (χ4n) is 3.04. The quantitative estimate of drug-likeness (QED) is 0.458. The van der Waals surface area contributed by atoms with Crippen molar-refractivity contribution in [2.45, 2.75) is 13.0 Å². The van der Waals surface area contributed by atoms with Gasteiger partial charge in [0.1, 0.15) is 17.2 Å². The molecule has 0 saturated carbocycles. The van der Waals surface area contributed by atoms with Gasteiger partial charge in [-0.1, -0.05) is 12.7 Å². The van der Waals surface area contributed by atoms with Crippen LogP contribution in [0.4, 0.5) is 8.78 Å². The highest BCUT2D eigenvalue weighted by Crippen LogP contribution is 2.45. The van der Waals surface area contributed by atoms with Gasteiger partial charge in [0.25, 0.3) is 5.91 Å². The van der Waals surface area contributed by atoms with Gasteiger partial charge in [-0.2, -0.15) is 13.9 Å². The third-order valence-corrected chi connectivity index (χ3v) is 4.46. The van der Waals surface area contributed by atoms with Gasteiger partial charge in [-0.25, -0.2) is 0 Å². The summed E-state index contributed by atoms with van der Waals surface area (Å²) < 4.78 is 34.5. The smallest absolute Gasteiger partial charge is 0.338 e. The molecule has 1 saturated heterocycles. The van der Waals surface area contributed by atoms with E-state index < -0.39 is 17.9 Å². The number of likely N-dealkylation sites (tertiary alicyclic amines) is 1. The number of carbonyl (C=O) groups excluding carboxylic acids is 1. The highest BCUT2D eigenvalue weighted by Gasteiger charge is 2.59. The minimum atomic E-state index is -3.37. The van der Waals surface area contributed by atoms with Crippen LogP contribution in [-0.2, 0) is 0 Å². The molecular weight excluding hydrogens is 354 g/mol. The summed E-state index contributed by atoms with van der Waals surface area (Å²) in [5, 5.41) is 8.59. The maximum absolute atomic E-state index is 14.6. The number of rotatable bonds is 5. The van der Waals surface area contributed by atoms with Gasteiger partial charge in [0, 0.05) is 17.5 Å². The number of halogens is 2. The summed E-state index contributed by atoms with van der Waals surface area (Å²) in [7, 11) is 1.42. The van der Waals surface area contributed by atoms with E-state index in [-0.39, 0.29) is 17.8 Å². The van der Waals surface area contributed by atoms with Crippen LogP contribution in [0.1, 0.15) is 16.1 Å². The van der Waals surface area contributed by atoms with Gasteiger partial charge in [-0.3, -0.25) is 14.7 Å². The molecule has 1 fully saturated rings. The second-order valence-electron chi connectivity index (χ2n) is 6.14. The van der Waals surface area contributed by atoms with Crippen molar-refractivity contribution in [3.8, 4) is 5.75 Å². The first-order valence-electron chi connectivity index (χ1n) is 8.14. The molecule has 0 aliphatic carbocycles. The maximum atomic E-state index is 14.6. The number of methoxy groups -OCH3 is 1.